The van der Waals surface area contributed by atoms with Gasteiger partial charge in [0.1, 0.15) is 5.82 Å². The summed E-state index contributed by atoms with van der Waals surface area (Å²) in [5.74, 6) is 0.853. The first-order valence-electron chi connectivity index (χ1n) is 8.95. The summed E-state index contributed by atoms with van der Waals surface area (Å²) in [7, 11) is 1.63. The number of hydrogen-bond donors (Lipinski definition) is 3. The Morgan fingerprint density at radius 1 is 1.33 bits per heavy atom. The van der Waals surface area contributed by atoms with Gasteiger partial charge in [-0.3, -0.25) is 4.79 Å². The van der Waals surface area contributed by atoms with Crippen molar-refractivity contribution in [2.75, 3.05) is 18.9 Å². The summed E-state index contributed by atoms with van der Waals surface area (Å²) in [4.78, 5) is 35.9. The van der Waals surface area contributed by atoms with Crippen LogP contribution in [0.4, 0.5) is 10.5 Å². The van der Waals surface area contributed by atoms with Crippen molar-refractivity contribution < 1.29 is 9.59 Å². The van der Waals surface area contributed by atoms with Gasteiger partial charge in [0, 0.05) is 37.1 Å². The van der Waals surface area contributed by atoms with Gasteiger partial charge in [-0.25, -0.2) is 9.78 Å². The second-order valence-electron chi connectivity index (χ2n) is 6.51. The normalized spacial score (nSPS) is 13.5. The lowest BCUT2D eigenvalue weighted by atomic mass is 10.1. The van der Waals surface area contributed by atoms with Crippen molar-refractivity contribution in [1.29, 1.82) is 0 Å². The van der Waals surface area contributed by atoms with Crippen LogP contribution in [0.1, 0.15) is 32.9 Å². The van der Waals surface area contributed by atoms with Crippen molar-refractivity contribution in [3.63, 3.8) is 0 Å². The molecular formula is C19H21N5O2S. The van der Waals surface area contributed by atoms with Gasteiger partial charge in [-0.05, 0) is 36.2 Å². The number of imidazole rings is 1. The number of benzene rings is 1. The third-order valence-corrected chi connectivity index (χ3v) is 5.96. The molecule has 3 N–H and O–H groups in total. The molecule has 2 aromatic heterocycles. The largest absolute Gasteiger partial charge is 0.354 e. The number of H-pyrrole nitrogens is 1. The molecule has 0 radical (unpaired) electrons. The fourth-order valence-electron chi connectivity index (χ4n) is 3.25. The highest BCUT2D eigenvalue weighted by Crippen LogP contribution is 2.28. The average Bonchev–Trinajstić information content (AvgIpc) is 3.29. The third-order valence-electron chi connectivity index (χ3n) is 4.72. The van der Waals surface area contributed by atoms with E-state index in [4.69, 9.17) is 0 Å². The molecule has 1 aliphatic rings. The van der Waals surface area contributed by atoms with Crippen LogP contribution in [0, 0.1) is 0 Å². The van der Waals surface area contributed by atoms with E-state index in [0.717, 1.165) is 41.0 Å². The summed E-state index contributed by atoms with van der Waals surface area (Å²) in [6.07, 6.45) is 1.61. The molecule has 0 aliphatic carbocycles. The number of anilines is 1. The molecule has 140 valence electrons. The molecule has 0 saturated heterocycles. The van der Waals surface area contributed by atoms with E-state index in [1.54, 1.807) is 11.9 Å². The van der Waals surface area contributed by atoms with E-state index >= 15 is 0 Å². The molecule has 0 spiro atoms. The topological polar surface area (TPSA) is 90.1 Å². The third kappa shape index (κ3) is 3.40. The van der Waals surface area contributed by atoms with Crippen LogP contribution in [0.5, 0.6) is 0 Å². The minimum Gasteiger partial charge on any atom is -0.354 e. The minimum atomic E-state index is -0.136. The molecule has 3 aromatic rings. The Morgan fingerprint density at radius 3 is 2.96 bits per heavy atom. The quantitative estimate of drug-likeness (QED) is 0.649. The summed E-state index contributed by atoms with van der Waals surface area (Å²) >= 11 is 1.51. The monoisotopic (exact) mass is 383 g/mol. The first kappa shape index (κ1) is 17.5. The van der Waals surface area contributed by atoms with Crippen molar-refractivity contribution >= 4 is 40.0 Å². The van der Waals surface area contributed by atoms with E-state index < -0.39 is 0 Å². The standard InChI is InChI=1S/C19H21N5O2S/c1-3-17-22-13-5-4-12(9-14(13)23-17)21-19(26)24-7-6-15-11(10-24)8-16(27-15)18(25)20-2/h4-5,8-9H,3,6-7,10H2,1-2H3,(H,20,25)(H,21,26)(H,22,23). The molecule has 1 aromatic carbocycles. The number of aryl methyl sites for hydroxylation is 1. The summed E-state index contributed by atoms with van der Waals surface area (Å²) in [6, 6.07) is 7.43. The number of amides is 3. The summed E-state index contributed by atoms with van der Waals surface area (Å²) in [5, 5.41) is 5.61. The van der Waals surface area contributed by atoms with Gasteiger partial charge in [0.15, 0.2) is 0 Å². The van der Waals surface area contributed by atoms with Gasteiger partial charge in [-0.2, -0.15) is 0 Å². The van der Waals surface area contributed by atoms with Crippen LogP contribution in [0.15, 0.2) is 24.3 Å². The van der Waals surface area contributed by atoms with E-state index in [1.807, 2.05) is 31.2 Å². The highest BCUT2D eigenvalue weighted by molar-refractivity contribution is 7.14. The van der Waals surface area contributed by atoms with Crippen molar-refractivity contribution in [2.45, 2.75) is 26.3 Å². The van der Waals surface area contributed by atoms with Crippen LogP contribution in [-0.4, -0.2) is 40.4 Å². The van der Waals surface area contributed by atoms with E-state index in [0.29, 0.717) is 18.0 Å². The van der Waals surface area contributed by atoms with E-state index in [2.05, 4.69) is 20.6 Å². The zero-order valence-corrected chi connectivity index (χ0v) is 16.1. The Hall–Kier alpha value is -2.87. The number of aromatic nitrogens is 2. The predicted molar refractivity (Wildman–Crippen MR) is 106 cm³/mol. The van der Waals surface area contributed by atoms with Gasteiger partial charge in [0.05, 0.1) is 15.9 Å². The summed E-state index contributed by atoms with van der Waals surface area (Å²) in [5.41, 5.74) is 3.60. The minimum absolute atomic E-state index is 0.0790. The fraction of sp³-hybridized carbons (Fsp3) is 0.316. The number of thiophene rings is 1. The molecule has 0 atom stereocenters. The Morgan fingerprint density at radius 2 is 2.19 bits per heavy atom. The van der Waals surface area contributed by atoms with Crippen molar-refractivity contribution in [2.24, 2.45) is 0 Å². The van der Waals surface area contributed by atoms with Crippen LogP contribution in [-0.2, 0) is 19.4 Å². The molecule has 1 aliphatic heterocycles. The molecule has 8 heteroatoms. The molecule has 4 rings (SSSR count). The number of fused-ring (bicyclic) bond motifs is 2. The van der Waals surface area contributed by atoms with E-state index in [1.165, 1.54) is 16.2 Å². The average molecular weight is 383 g/mol. The smallest absolute Gasteiger partial charge is 0.322 e. The number of nitrogens with zero attached hydrogens (tertiary/aromatic N) is 2. The summed E-state index contributed by atoms with van der Waals surface area (Å²) < 4.78 is 0. The molecule has 0 bridgehead atoms. The zero-order chi connectivity index (χ0) is 19.0. The zero-order valence-electron chi connectivity index (χ0n) is 15.3. The highest BCUT2D eigenvalue weighted by atomic mass is 32.1. The SMILES string of the molecule is CCc1nc2ccc(NC(=O)N3CCc4sc(C(=O)NC)cc4C3)cc2[nH]1. The maximum atomic E-state index is 12.7. The van der Waals surface area contributed by atoms with Crippen molar-refractivity contribution in [1.82, 2.24) is 20.2 Å². The van der Waals surface area contributed by atoms with Gasteiger partial charge in [-0.1, -0.05) is 6.92 Å². The number of aromatic amines is 1. The van der Waals surface area contributed by atoms with Gasteiger partial charge in [0.2, 0.25) is 0 Å². The van der Waals surface area contributed by atoms with Crippen LogP contribution < -0.4 is 10.6 Å². The second-order valence-corrected chi connectivity index (χ2v) is 7.65. The lowest BCUT2D eigenvalue weighted by Gasteiger charge is -2.27. The number of urea groups is 1. The molecule has 3 heterocycles. The van der Waals surface area contributed by atoms with Crippen LogP contribution in [0.2, 0.25) is 0 Å². The first-order valence-corrected chi connectivity index (χ1v) is 9.77. The van der Waals surface area contributed by atoms with Crippen molar-refractivity contribution in [3.05, 3.63) is 45.4 Å². The fourth-order valence-corrected chi connectivity index (χ4v) is 4.36. The van der Waals surface area contributed by atoms with Crippen molar-refractivity contribution in [3.8, 4) is 0 Å². The van der Waals surface area contributed by atoms with E-state index in [-0.39, 0.29) is 11.9 Å². The van der Waals surface area contributed by atoms with Gasteiger partial charge in [-0.15, -0.1) is 11.3 Å². The number of nitrogens with one attached hydrogen (secondary N) is 3. The Kier molecular flexibility index (Phi) is 4.57. The number of rotatable bonds is 3. The second kappa shape index (κ2) is 7.03. The summed E-state index contributed by atoms with van der Waals surface area (Å²) in [6.45, 7) is 3.20. The molecule has 3 amide bonds. The predicted octanol–water partition coefficient (Wildman–Crippen LogP) is 3.14. The number of hydrogen-bond acceptors (Lipinski definition) is 4. The van der Waals surface area contributed by atoms with Gasteiger partial charge in [0.25, 0.3) is 5.91 Å². The van der Waals surface area contributed by atoms with Crippen LogP contribution in [0.25, 0.3) is 11.0 Å². The molecule has 27 heavy (non-hydrogen) atoms. The maximum absolute atomic E-state index is 12.7. The maximum Gasteiger partial charge on any atom is 0.322 e. The van der Waals surface area contributed by atoms with Crippen LogP contribution in [0.3, 0.4) is 0 Å². The lowest BCUT2D eigenvalue weighted by Crippen LogP contribution is -2.38. The first-order chi connectivity index (χ1) is 13.1. The van der Waals surface area contributed by atoms with Crippen LogP contribution >= 0.6 is 11.3 Å². The molecule has 0 saturated carbocycles. The van der Waals surface area contributed by atoms with E-state index in [9.17, 15) is 9.59 Å². The Balaban J connectivity index is 1.47. The molecule has 0 fully saturated rings. The Bertz CT molecular complexity index is 1020. The molecule has 0 unspecified atom stereocenters. The van der Waals surface area contributed by atoms with Gasteiger partial charge < -0.3 is 20.5 Å². The lowest BCUT2D eigenvalue weighted by molar-refractivity contribution is 0.0967. The van der Waals surface area contributed by atoms with Gasteiger partial charge >= 0.3 is 6.03 Å². The highest BCUT2D eigenvalue weighted by Gasteiger charge is 2.24. The number of carbonyl (C=O) groups excluding carboxylic acids is 2. The molecule has 7 nitrogen and oxygen atoms in total. The Labute approximate surface area is 160 Å². The number of carbonyl (C=O) groups is 2. The molecular weight excluding hydrogens is 362 g/mol.